The van der Waals surface area contributed by atoms with E-state index in [4.69, 9.17) is 0 Å². The molecule has 0 aliphatic rings. The largest absolute Gasteiger partial charge is 0.357 e. The van der Waals surface area contributed by atoms with Gasteiger partial charge in [0.15, 0.2) is 5.96 Å². The highest BCUT2D eigenvalue weighted by atomic mass is 127. The molecule has 0 aliphatic carbocycles. The summed E-state index contributed by atoms with van der Waals surface area (Å²) in [5.74, 6) is -0.0528. The van der Waals surface area contributed by atoms with Gasteiger partial charge in [-0.15, -0.1) is 24.0 Å². The Labute approximate surface area is 187 Å². The number of nitrogens with one attached hydrogen (secondary N) is 3. The molecule has 29 heavy (non-hydrogen) atoms. The number of amides is 1. The lowest BCUT2D eigenvalue weighted by Crippen LogP contribution is -2.41. The van der Waals surface area contributed by atoms with Crippen molar-refractivity contribution in [3.05, 3.63) is 70.8 Å². The summed E-state index contributed by atoms with van der Waals surface area (Å²) in [6.45, 7) is 5.74. The van der Waals surface area contributed by atoms with Crippen LogP contribution < -0.4 is 16.0 Å². The number of nitrogens with zero attached hydrogens (tertiary/aromatic N) is 1. The van der Waals surface area contributed by atoms with E-state index in [2.05, 4.69) is 20.9 Å². The molecule has 8 heteroatoms. The minimum atomic E-state index is -0.320. The Morgan fingerprint density at radius 3 is 2.28 bits per heavy atom. The average molecular weight is 516 g/mol. The minimum absolute atomic E-state index is 0. The molecule has 158 valence electrons. The van der Waals surface area contributed by atoms with Gasteiger partial charge in [0, 0.05) is 19.6 Å². The maximum absolute atomic E-state index is 13.3. The van der Waals surface area contributed by atoms with Crippen molar-refractivity contribution in [3.8, 4) is 0 Å². The van der Waals surface area contributed by atoms with Crippen molar-refractivity contribution in [1.82, 2.24) is 16.0 Å². The second kappa shape index (κ2) is 13.1. The molecule has 0 spiro atoms. The van der Waals surface area contributed by atoms with Gasteiger partial charge in [-0.25, -0.2) is 13.8 Å². The SMILES string of the molecule is CCNC(=NCc1ccc(F)c(C)c1)NCCNC(=O)Cc1ccc(F)cc1.I. The van der Waals surface area contributed by atoms with Crippen molar-refractivity contribution in [2.24, 2.45) is 4.99 Å². The second-order valence-corrected chi connectivity index (χ2v) is 6.36. The van der Waals surface area contributed by atoms with Gasteiger partial charge in [-0.2, -0.15) is 0 Å². The maximum Gasteiger partial charge on any atom is 0.224 e. The number of carbonyl (C=O) groups is 1. The minimum Gasteiger partial charge on any atom is -0.357 e. The smallest absolute Gasteiger partial charge is 0.224 e. The molecule has 0 saturated heterocycles. The van der Waals surface area contributed by atoms with Crippen LogP contribution in [-0.2, 0) is 17.8 Å². The van der Waals surface area contributed by atoms with Crippen LogP contribution >= 0.6 is 24.0 Å². The fourth-order valence-electron chi connectivity index (χ4n) is 2.55. The van der Waals surface area contributed by atoms with Crippen molar-refractivity contribution >= 4 is 35.8 Å². The molecular weight excluding hydrogens is 489 g/mol. The van der Waals surface area contributed by atoms with Crippen LogP contribution in [0.1, 0.15) is 23.6 Å². The molecule has 0 radical (unpaired) electrons. The predicted octanol–water partition coefficient (Wildman–Crippen LogP) is 3.31. The van der Waals surface area contributed by atoms with Crippen LogP contribution in [0.5, 0.6) is 0 Å². The van der Waals surface area contributed by atoms with E-state index in [1.807, 2.05) is 6.92 Å². The van der Waals surface area contributed by atoms with E-state index in [-0.39, 0.29) is 47.9 Å². The van der Waals surface area contributed by atoms with E-state index in [9.17, 15) is 13.6 Å². The quantitative estimate of drug-likeness (QED) is 0.219. The first-order valence-corrected chi connectivity index (χ1v) is 9.26. The molecule has 0 aliphatic heterocycles. The summed E-state index contributed by atoms with van der Waals surface area (Å²) in [6.07, 6.45) is 0.207. The molecule has 0 bridgehead atoms. The molecule has 0 saturated carbocycles. The Hall–Kier alpha value is -2.23. The van der Waals surface area contributed by atoms with Gasteiger partial charge in [0.25, 0.3) is 0 Å². The van der Waals surface area contributed by atoms with Gasteiger partial charge >= 0.3 is 0 Å². The van der Waals surface area contributed by atoms with Gasteiger partial charge in [0.2, 0.25) is 5.91 Å². The van der Waals surface area contributed by atoms with Crippen molar-refractivity contribution in [2.45, 2.75) is 26.8 Å². The lowest BCUT2D eigenvalue weighted by molar-refractivity contribution is -0.120. The number of rotatable bonds is 8. The first-order valence-electron chi connectivity index (χ1n) is 9.26. The number of aryl methyl sites for hydroxylation is 1. The van der Waals surface area contributed by atoms with Crippen LogP contribution in [0.4, 0.5) is 8.78 Å². The molecule has 0 aromatic heterocycles. The van der Waals surface area contributed by atoms with Crippen LogP contribution in [0.25, 0.3) is 0 Å². The molecule has 3 N–H and O–H groups in total. The molecule has 0 heterocycles. The van der Waals surface area contributed by atoms with Gasteiger partial charge in [-0.1, -0.05) is 24.3 Å². The van der Waals surface area contributed by atoms with E-state index in [0.29, 0.717) is 37.7 Å². The number of guanidine groups is 1. The Morgan fingerprint density at radius 2 is 1.62 bits per heavy atom. The van der Waals surface area contributed by atoms with Gasteiger partial charge in [0.05, 0.1) is 13.0 Å². The van der Waals surface area contributed by atoms with E-state index in [0.717, 1.165) is 11.1 Å². The standard InChI is InChI=1S/C21H26F2N4O.HI/c1-3-24-21(27-14-17-6-9-19(23)15(2)12-17)26-11-10-25-20(28)13-16-4-7-18(22)8-5-16;/h4-9,12H,3,10-11,13-14H2,1-2H3,(H,25,28)(H2,24,26,27);1H. The van der Waals surface area contributed by atoms with Crippen molar-refractivity contribution < 1.29 is 13.6 Å². The lowest BCUT2D eigenvalue weighted by Gasteiger charge is -2.12. The number of benzene rings is 2. The van der Waals surface area contributed by atoms with Crippen molar-refractivity contribution in [3.63, 3.8) is 0 Å². The van der Waals surface area contributed by atoms with E-state index in [1.165, 1.54) is 18.2 Å². The van der Waals surface area contributed by atoms with Crippen molar-refractivity contribution in [1.29, 1.82) is 0 Å². The molecule has 5 nitrogen and oxygen atoms in total. The molecule has 1 amide bonds. The normalized spacial score (nSPS) is 10.8. The number of hydrogen-bond acceptors (Lipinski definition) is 2. The molecule has 2 rings (SSSR count). The summed E-state index contributed by atoms with van der Waals surface area (Å²) < 4.78 is 26.2. The lowest BCUT2D eigenvalue weighted by atomic mass is 10.1. The maximum atomic E-state index is 13.3. The molecular formula is C21H27F2IN4O. The van der Waals surface area contributed by atoms with Crippen LogP contribution in [0, 0.1) is 18.6 Å². The third kappa shape index (κ3) is 9.21. The fraction of sp³-hybridized carbons (Fsp3) is 0.333. The zero-order valence-electron chi connectivity index (χ0n) is 16.6. The van der Waals surface area contributed by atoms with E-state index < -0.39 is 0 Å². The summed E-state index contributed by atoms with van der Waals surface area (Å²) in [7, 11) is 0. The first-order chi connectivity index (χ1) is 13.5. The summed E-state index contributed by atoms with van der Waals surface area (Å²) >= 11 is 0. The number of carbonyl (C=O) groups excluding carboxylic acids is 1. The van der Waals surface area contributed by atoms with Crippen LogP contribution in [0.15, 0.2) is 47.5 Å². The van der Waals surface area contributed by atoms with Crippen LogP contribution in [0.2, 0.25) is 0 Å². The Morgan fingerprint density at radius 1 is 0.966 bits per heavy atom. The molecule has 2 aromatic carbocycles. The Bertz CT molecular complexity index is 813. The number of halogens is 3. The average Bonchev–Trinajstić information content (AvgIpc) is 2.67. The van der Waals surface area contributed by atoms with Gasteiger partial charge in [0.1, 0.15) is 11.6 Å². The van der Waals surface area contributed by atoms with Crippen LogP contribution in [0.3, 0.4) is 0 Å². The fourth-order valence-corrected chi connectivity index (χ4v) is 2.55. The number of aliphatic imine (C=N–C) groups is 1. The summed E-state index contributed by atoms with van der Waals surface area (Å²) in [6, 6.07) is 10.8. The highest BCUT2D eigenvalue weighted by Crippen LogP contribution is 2.10. The van der Waals surface area contributed by atoms with Crippen LogP contribution in [-0.4, -0.2) is 31.5 Å². The highest BCUT2D eigenvalue weighted by Gasteiger charge is 2.04. The third-order valence-electron chi connectivity index (χ3n) is 4.00. The highest BCUT2D eigenvalue weighted by molar-refractivity contribution is 14.0. The Balaban J connectivity index is 0.00000420. The second-order valence-electron chi connectivity index (χ2n) is 6.36. The summed E-state index contributed by atoms with van der Waals surface area (Å²) in [5.41, 5.74) is 2.27. The first kappa shape index (κ1) is 24.8. The molecule has 0 unspecified atom stereocenters. The summed E-state index contributed by atoms with van der Waals surface area (Å²) in [5, 5.41) is 9.08. The molecule has 2 aromatic rings. The van der Waals surface area contributed by atoms with E-state index in [1.54, 1.807) is 31.2 Å². The topological polar surface area (TPSA) is 65.5 Å². The third-order valence-corrected chi connectivity index (χ3v) is 4.00. The van der Waals surface area contributed by atoms with Gasteiger partial charge in [-0.3, -0.25) is 4.79 Å². The summed E-state index contributed by atoms with van der Waals surface area (Å²) in [4.78, 5) is 16.4. The monoisotopic (exact) mass is 516 g/mol. The predicted molar refractivity (Wildman–Crippen MR) is 122 cm³/mol. The zero-order valence-corrected chi connectivity index (χ0v) is 18.9. The molecule has 0 fully saturated rings. The van der Waals surface area contributed by atoms with Gasteiger partial charge in [-0.05, 0) is 48.7 Å². The van der Waals surface area contributed by atoms with Gasteiger partial charge < -0.3 is 16.0 Å². The number of hydrogen-bond donors (Lipinski definition) is 3. The molecule has 0 atom stereocenters. The van der Waals surface area contributed by atoms with Crippen molar-refractivity contribution in [2.75, 3.05) is 19.6 Å². The Kier molecular flexibility index (Phi) is 11.2. The zero-order chi connectivity index (χ0) is 20.4. The van der Waals surface area contributed by atoms with E-state index >= 15 is 0 Å².